The molecule has 7 nitrogen and oxygen atoms in total. The van der Waals surface area contributed by atoms with Crippen LogP contribution in [-0.4, -0.2) is 46.5 Å². The predicted molar refractivity (Wildman–Crippen MR) is 146 cm³/mol. The zero-order valence-corrected chi connectivity index (χ0v) is 24.4. The van der Waals surface area contributed by atoms with E-state index < -0.39 is 29.3 Å². The maximum atomic E-state index is 14.2. The summed E-state index contributed by atoms with van der Waals surface area (Å²) in [4.78, 5) is 42.4. The first kappa shape index (κ1) is 31.5. The summed E-state index contributed by atoms with van der Waals surface area (Å²) < 4.78 is 5.47. The molecule has 0 heterocycles. The molecule has 0 spiro atoms. The fourth-order valence-electron chi connectivity index (χ4n) is 3.93. The minimum atomic E-state index is -0.824. The van der Waals surface area contributed by atoms with E-state index in [1.807, 2.05) is 66.7 Å². The van der Waals surface area contributed by atoms with Gasteiger partial charge < -0.3 is 20.3 Å². The third kappa shape index (κ3) is 9.82. The fraction of sp³-hybridized carbons (Fsp3) is 0.690. The lowest BCUT2D eigenvalue weighted by Crippen LogP contribution is -2.56. The average molecular weight is 504 g/mol. The van der Waals surface area contributed by atoms with Gasteiger partial charge in [0.05, 0.1) is 0 Å². The van der Waals surface area contributed by atoms with Crippen molar-refractivity contribution in [2.45, 2.75) is 119 Å². The van der Waals surface area contributed by atoms with Crippen LogP contribution in [0.25, 0.3) is 0 Å². The highest BCUT2D eigenvalue weighted by Crippen LogP contribution is 2.29. The van der Waals surface area contributed by atoms with Gasteiger partial charge in [0.2, 0.25) is 11.8 Å². The van der Waals surface area contributed by atoms with Gasteiger partial charge in [0, 0.05) is 12.1 Å². The minimum Gasteiger partial charge on any atom is -0.444 e. The number of nitrogens with one attached hydrogen (secondary N) is 2. The van der Waals surface area contributed by atoms with Crippen molar-refractivity contribution < 1.29 is 19.1 Å². The number of unbranched alkanes of at least 4 members (excludes halogenated alkanes) is 1. The van der Waals surface area contributed by atoms with Crippen molar-refractivity contribution in [1.82, 2.24) is 15.5 Å². The highest BCUT2D eigenvalue weighted by atomic mass is 16.6. The highest BCUT2D eigenvalue weighted by molar-refractivity contribution is 5.92. The van der Waals surface area contributed by atoms with Gasteiger partial charge in [-0.3, -0.25) is 9.59 Å². The number of carbonyl (C=O) groups excluding carboxylic acids is 3. The largest absolute Gasteiger partial charge is 0.444 e. The molecule has 0 aliphatic rings. The van der Waals surface area contributed by atoms with Crippen LogP contribution in [0.5, 0.6) is 0 Å². The number of amides is 3. The van der Waals surface area contributed by atoms with Gasteiger partial charge in [0.1, 0.15) is 17.7 Å². The molecule has 0 radical (unpaired) electrons. The summed E-state index contributed by atoms with van der Waals surface area (Å²) in [6.07, 6.45) is 1.63. The summed E-state index contributed by atoms with van der Waals surface area (Å²) in [6.45, 7) is 21.4. The van der Waals surface area contributed by atoms with Gasteiger partial charge >= 0.3 is 6.09 Å². The van der Waals surface area contributed by atoms with E-state index in [0.717, 1.165) is 29.5 Å². The van der Waals surface area contributed by atoms with Crippen LogP contribution >= 0.6 is 0 Å². The average Bonchev–Trinajstić information content (AvgIpc) is 2.73. The Hall–Kier alpha value is -2.57. The van der Waals surface area contributed by atoms with E-state index in [0.29, 0.717) is 13.0 Å². The second kappa shape index (κ2) is 13.1. The lowest BCUT2D eigenvalue weighted by atomic mass is 9.93. The van der Waals surface area contributed by atoms with Crippen LogP contribution < -0.4 is 10.6 Å². The number of benzene rings is 1. The number of ether oxygens (including phenoxy) is 1. The Morgan fingerprint density at radius 3 is 2.14 bits per heavy atom. The highest BCUT2D eigenvalue weighted by Gasteiger charge is 2.39. The molecule has 0 bridgehead atoms. The number of rotatable bonds is 10. The van der Waals surface area contributed by atoms with E-state index in [1.54, 1.807) is 25.7 Å². The van der Waals surface area contributed by atoms with Gasteiger partial charge in [-0.2, -0.15) is 0 Å². The molecule has 36 heavy (non-hydrogen) atoms. The molecule has 0 aromatic heterocycles. The van der Waals surface area contributed by atoms with Crippen LogP contribution in [0, 0.1) is 19.8 Å². The summed E-state index contributed by atoms with van der Waals surface area (Å²) in [6, 6.07) is 4.32. The first-order valence-corrected chi connectivity index (χ1v) is 13.2. The van der Waals surface area contributed by atoms with Crippen LogP contribution in [0.2, 0.25) is 0 Å². The van der Waals surface area contributed by atoms with Crippen molar-refractivity contribution in [2.75, 3.05) is 6.54 Å². The molecular formula is C29H49N3O4. The summed E-state index contributed by atoms with van der Waals surface area (Å²) in [5.41, 5.74) is 1.57. The molecule has 0 fully saturated rings. The third-order valence-corrected chi connectivity index (χ3v) is 5.97. The van der Waals surface area contributed by atoms with E-state index in [-0.39, 0.29) is 17.7 Å². The number of aryl methyl sites for hydroxylation is 2. The molecule has 1 aromatic rings. The Labute approximate surface area is 218 Å². The third-order valence-electron chi connectivity index (χ3n) is 5.97. The van der Waals surface area contributed by atoms with E-state index in [4.69, 9.17) is 4.74 Å². The smallest absolute Gasteiger partial charge is 0.408 e. The molecule has 3 amide bonds. The molecule has 0 saturated carbocycles. The quantitative estimate of drug-likeness (QED) is 0.421. The zero-order valence-electron chi connectivity index (χ0n) is 24.4. The molecule has 2 N–H and O–H groups in total. The van der Waals surface area contributed by atoms with Gasteiger partial charge in [-0.15, -0.1) is 0 Å². The molecule has 1 rings (SSSR count). The molecule has 0 aliphatic carbocycles. The topological polar surface area (TPSA) is 87.7 Å². The van der Waals surface area contributed by atoms with Crippen LogP contribution in [-0.2, 0) is 14.3 Å². The lowest BCUT2D eigenvalue weighted by molar-refractivity contribution is -0.144. The Morgan fingerprint density at radius 1 is 1.03 bits per heavy atom. The number of hydrogen-bond donors (Lipinski definition) is 2. The van der Waals surface area contributed by atoms with E-state index in [2.05, 4.69) is 17.6 Å². The van der Waals surface area contributed by atoms with Crippen molar-refractivity contribution in [2.24, 2.45) is 5.92 Å². The molecule has 0 aliphatic heterocycles. The Bertz CT molecular complexity index is 899. The van der Waals surface area contributed by atoms with Gasteiger partial charge in [0.15, 0.2) is 0 Å². The molecule has 7 heteroatoms. The van der Waals surface area contributed by atoms with E-state index in [1.165, 1.54) is 0 Å². The Balaban J connectivity index is 3.62. The Morgan fingerprint density at radius 2 is 1.64 bits per heavy atom. The van der Waals surface area contributed by atoms with Crippen LogP contribution in [0.15, 0.2) is 18.2 Å². The number of nitrogens with zero attached hydrogens (tertiary/aromatic N) is 1. The molecule has 3 atom stereocenters. The maximum Gasteiger partial charge on any atom is 0.408 e. The van der Waals surface area contributed by atoms with Gasteiger partial charge in [-0.1, -0.05) is 57.4 Å². The van der Waals surface area contributed by atoms with Crippen molar-refractivity contribution in [1.29, 1.82) is 0 Å². The second-order valence-electron chi connectivity index (χ2n) is 11.9. The molecule has 204 valence electrons. The van der Waals surface area contributed by atoms with Crippen LogP contribution in [0.4, 0.5) is 4.79 Å². The van der Waals surface area contributed by atoms with Crippen LogP contribution in [0.3, 0.4) is 0 Å². The van der Waals surface area contributed by atoms with E-state index >= 15 is 0 Å². The number of hydrogen-bond acceptors (Lipinski definition) is 4. The zero-order chi connectivity index (χ0) is 27.8. The first-order valence-electron chi connectivity index (χ1n) is 13.2. The van der Waals surface area contributed by atoms with Crippen molar-refractivity contribution in [3.63, 3.8) is 0 Å². The fourth-order valence-corrected chi connectivity index (χ4v) is 3.93. The second-order valence-corrected chi connectivity index (χ2v) is 11.9. The maximum absolute atomic E-state index is 14.2. The van der Waals surface area contributed by atoms with Gasteiger partial charge in [0.25, 0.3) is 0 Å². The predicted octanol–water partition coefficient (Wildman–Crippen LogP) is 5.83. The molecule has 3 unspecified atom stereocenters. The molecule has 1 aromatic carbocycles. The van der Waals surface area contributed by atoms with Gasteiger partial charge in [-0.25, -0.2) is 4.79 Å². The summed E-state index contributed by atoms with van der Waals surface area (Å²) >= 11 is 0. The summed E-state index contributed by atoms with van der Waals surface area (Å²) in [5.74, 6) is -0.668. The lowest BCUT2D eigenvalue weighted by Gasteiger charge is -2.37. The molecular weight excluding hydrogens is 454 g/mol. The SMILES string of the molecule is CCCCN(C(=O)C(NC(=O)OC(C)(C)C)C(C)CC)C(C(=O)NC(C)(C)C)c1cc(C)ccc1C. The normalized spacial score (nSPS) is 14.4. The first-order chi connectivity index (χ1) is 16.5. The van der Waals surface area contributed by atoms with Crippen molar-refractivity contribution in [3.8, 4) is 0 Å². The minimum absolute atomic E-state index is 0.154. The van der Waals surface area contributed by atoms with Crippen LogP contribution in [0.1, 0.15) is 104 Å². The standard InChI is InChI=1S/C29H49N3O4/c1-12-14-17-32(26(34)23(20(4)13-2)30-27(35)36-29(9,10)11)24(25(33)31-28(6,7)8)22-18-19(3)15-16-21(22)5/h15-16,18,20,23-24H,12-14,17H2,1-11H3,(H,30,35)(H,31,33). The number of carbonyl (C=O) groups is 3. The van der Waals surface area contributed by atoms with Crippen molar-refractivity contribution in [3.05, 3.63) is 34.9 Å². The number of alkyl carbamates (subject to hydrolysis) is 1. The summed E-state index contributed by atoms with van der Waals surface area (Å²) in [7, 11) is 0. The van der Waals surface area contributed by atoms with Crippen molar-refractivity contribution >= 4 is 17.9 Å². The molecule has 0 saturated heterocycles. The van der Waals surface area contributed by atoms with Gasteiger partial charge in [-0.05, 0) is 78.9 Å². The monoisotopic (exact) mass is 503 g/mol. The Kier molecular flexibility index (Phi) is 11.5. The van der Waals surface area contributed by atoms with E-state index in [9.17, 15) is 14.4 Å². The summed E-state index contributed by atoms with van der Waals surface area (Å²) in [5, 5.41) is 5.90.